The number of hydrogen-bond donors (Lipinski definition) is 1. The zero-order valence-corrected chi connectivity index (χ0v) is 18.8. The maximum atomic E-state index is 13.2. The summed E-state index contributed by atoms with van der Waals surface area (Å²) in [4.78, 5) is 39.0. The molecule has 2 aromatic carbocycles. The average molecular weight is 430 g/mol. The number of ketones is 1. The Kier molecular flexibility index (Phi) is 5.46. The molecule has 0 aliphatic carbocycles. The highest BCUT2D eigenvalue weighted by atomic mass is 16.2. The quantitative estimate of drug-likeness (QED) is 0.470. The van der Waals surface area contributed by atoms with Gasteiger partial charge in [-0.15, -0.1) is 0 Å². The third-order valence-electron chi connectivity index (χ3n) is 6.02. The van der Waals surface area contributed by atoms with Crippen LogP contribution < -0.4 is 5.32 Å². The van der Waals surface area contributed by atoms with Crippen molar-refractivity contribution in [3.05, 3.63) is 94.8 Å². The van der Waals surface area contributed by atoms with E-state index in [2.05, 4.69) is 34.1 Å². The first kappa shape index (κ1) is 21.6. The molecular formula is C26H27N3O3. The number of aromatic nitrogens is 1. The zero-order valence-electron chi connectivity index (χ0n) is 18.8. The molecule has 2 heterocycles. The molecule has 1 aromatic heterocycles. The minimum Gasteiger partial charge on any atom is -0.337 e. The normalized spacial score (nSPS) is 15.3. The molecule has 3 aromatic rings. The third kappa shape index (κ3) is 3.73. The maximum Gasteiger partial charge on any atom is 0.325 e. The van der Waals surface area contributed by atoms with Crippen LogP contribution in [0.25, 0.3) is 0 Å². The van der Waals surface area contributed by atoms with E-state index in [-0.39, 0.29) is 18.4 Å². The van der Waals surface area contributed by atoms with Crippen LogP contribution in [0.1, 0.15) is 52.8 Å². The molecule has 3 amide bonds. The van der Waals surface area contributed by atoms with Gasteiger partial charge in [-0.25, -0.2) is 4.79 Å². The fourth-order valence-electron chi connectivity index (χ4n) is 4.41. The predicted molar refractivity (Wildman–Crippen MR) is 123 cm³/mol. The molecule has 0 unspecified atom stereocenters. The summed E-state index contributed by atoms with van der Waals surface area (Å²) in [5, 5.41) is 2.62. The Bertz CT molecular complexity index is 1140. The Morgan fingerprint density at radius 2 is 1.47 bits per heavy atom. The fraction of sp³-hybridized carbons (Fsp3) is 0.269. The minimum absolute atomic E-state index is 0.102. The van der Waals surface area contributed by atoms with Gasteiger partial charge in [0.2, 0.25) is 0 Å². The lowest BCUT2D eigenvalue weighted by Gasteiger charge is -2.24. The molecular weight excluding hydrogens is 402 g/mol. The number of Topliss-reactive ketones (excluding diaryl/α,β-unsaturated/α-hetero) is 1. The van der Waals surface area contributed by atoms with Crippen molar-refractivity contribution in [3.63, 3.8) is 0 Å². The highest BCUT2D eigenvalue weighted by Crippen LogP contribution is 2.32. The second kappa shape index (κ2) is 8.11. The summed E-state index contributed by atoms with van der Waals surface area (Å²) in [6.45, 7) is 6.87. The van der Waals surface area contributed by atoms with Gasteiger partial charge in [-0.3, -0.25) is 14.5 Å². The van der Waals surface area contributed by atoms with Gasteiger partial charge in [-0.05, 0) is 44.9 Å². The second-order valence-corrected chi connectivity index (χ2v) is 8.75. The number of nitrogens with one attached hydrogen (secondary N) is 1. The number of aryl methyl sites for hydroxylation is 1. The number of amides is 3. The lowest BCUT2D eigenvalue weighted by molar-refractivity contribution is -0.129. The van der Waals surface area contributed by atoms with Gasteiger partial charge in [0.25, 0.3) is 5.91 Å². The monoisotopic (exact) mass is 429 g/mol. The molecule has 0 atom stereocenters. The first-order chi connectivity index (χ1) is 15.2. The minimum atomic E-state index is -1.00. The first-order valence-corrected chi connectivity index (χ1v) is 10.7. The molecule has 0 bridgehead atoms. The summed E-state index contributed by atoms with van der Waals surface area (Å²) < 4.78 is 2.15. The number of nitrogens with zero attached hydrogens (tertiary/aromatic N) is 2. The molecule has 1 saturated heterocycles. The molecule has 1 fully saturated rings. The van der Waals surface area contributed by atoms with Crippen LogP contribution in [0, 0.1) is 13.8 Å². The van der Waals surface area contributed by atoms with Crippen molar-refractivity contribution < 1.29 is 14.4 Å². The molecule has 6 nitrogen and oxygen atoms in total. The van der Waals surface area contributed by atoms with E-state index in [9.17, 15) is 14.4 Å². The number of urea groups is 1. The van der Waals surface area contributed by atoms with Gasteiger partial charge < -0.3 is 9.88 Å². The lowest BCUT2D eigenvalue weighted by atomic mass is 9.98. The van der Waals surface area contributed by atoms with Crippen LogP contribution in [-0.2, 0) is 4.79 Å². The van der Waals surface area contributed by atoms with Crippen molar-refractivity contribution in [1.82, 2.24) is 14.8 Å². The summed E-state index contributed by atoms with van der Waals surface area (Å²) in [5.74, 6) is -0.651. The summed E-state index contributed by atoms with van der Waals surface area (Å²) >= 11 is 0. The van der Waals surface area contributed by atoms with E-state index < -0.39 is 17.5 Å². The van der Waals surface area contributed by atoms with E-state index in [1.165, 1.54) is 0 Å². The Hall–Kier alpha value is -3.67. The van der Waals surface area contributed by atoms with Crippen molar-refractivity contribution in [2.75, 3.05) is 6.54 Å². The number of carbonyl (C=O) groups excluding carboxylic acids is 3. The largest absolute Gasteiger partial charge is 0.337 e. The van der Waals surface area contributed by atoms with Gasteiger partial charge in [0.15, 0.2) is 5.78 Å². The van der Waals surface area contributed by atoms with Gasteiger partial charge in [-0.2, -0.15) is 0 Å². The summed E-state index contributed by atoms with van der Waals surface area (Å²) in [6.07, 6.45) is 0. The van der Waals surface area contributed by atoms with Gasteiger partial charge >= 0.3 is 6.03 Å². The topological polar surface area (TPSA) is 71.4 Å². The van der Waals surface area contributed by atoms with Crippen molar-refractivity contribution in [1.29, 1.82) is 0 Å². The number of imide groups is 1. The smallest absolute Gasteiger partial charge is 0.325 e. The fourth-order valence-corrected chi connectivity index (χ4v) is 4.41. The summed E-state index contributed by atoms with van der Waals surface area (Å²) in [6, 6.07) is 21.5. The van der Waals surface area contributed by atoms with Crippen LogP contribution in [0.15, 0.2) is 66.7 Å². The van der Waals surface area contributed by atoms with Crippen LogP contribution in [0.4, 0.5) is 4.79 Å². The zero-order chi connectivity index (χ0) is 23.0. The predicted octanol–water partition coefficient (Wildman–Crippen LogP) is 4.26. The second-order valence-electron chi connectivity index (χ2n) is 8.75. The van der Waals surface area contributed by atoms with E-state index in [1.807, 2.05) is 56.3 Å². The van der Waals surface area contributed by atoms with Crippen LogP contribution in [0.5, 0.6) is 0 Å². The van der Waals surface area contributed by atoms with E-state index in [1.54, 1.807) is 13.8 Å². The summed E-state index contributed by atoms with van der Waals surface area (Å²) in [5.41, 5.74) is 3.47. The van der Waals surface area contributed by atoms with Crippen LogP contribution in [-0.4, -0.2) is 39.3 Å². The number of hydrogen-bond acceptors (Lipinski definition) is 3. The SMILES string of the molecule is Cc1cc(C(=O)CN2C(=O)NC(C)(C)C2=O)c(C)n1C(c1ccccc1)c1ccccc1. The molecule has 1 aliphatic rings. The lowest BCUT2D eigenvalue weighted by Crippen LogP contribution is -2.41. The molecule has 0 radical (unpaired) electrons. The highest BCUT2D eigenvalue weighted by Gasteiger charge is 2.45. The molecule has 1 aliphatic heterocycles. The first-order valence-electron chi connectivity index (χ1n) is 10.7. The van der Waals surface area contributed by atoms with Gasteiger partial charge in [0, 0.05) is 17.0 Å². The molecule has 164 valence electrons. The molecule has 32 heavy (non-hydrogen) atoms. The molecule has 1 N–H and O–H groups in total. The Morgan fingerprint density at radius 1 is 0.938 bits per heavy atom. The van der Waals surface area contributed by atoms with Crippen molar-refractivity contribution >= 4 is 17.7 Å². The molecule has 0 spiro atoms. The van der Waals surface area contributed by atoms with E-state index in [0.717, 1.165) is 27.4 Å². The van der Waals surface area contributed by atoms with Gasteiger partial charge in [-0.1, -0.05) is 60.7 Å². The van der Waals surface area contributed by atoms with Crippen molar-refractivity contribution in [2.45, 2.75) is 39.3 Å². The number of carbonyl (C=O) groups is 3. The molecule has 0 saturated carbocycles. The Balaban J connectivity index is 1.73. The Labute approximate surface area is 187 Å². The van der Waals surface area contributed by atoms with E-state index in [0.29, 0.717) is 5.56 Å². The number of rotatable bonds is 6. The van der Waals surface area contributed by atoms with Crippen LogP contribution in [0.2, 0.25) is 0 Å². The van der Waals surface area contributed by atoms with Crippen molar-refractivity contribution in [3.8, 4) is 0 Å². The summed E-state index contributed by atoms with van der Waals surface area (Å²) in [7, 11) is 0. The standard InChI is InChI=1S/C26H27N3O3/c1-17-15-21(22(30)16-28-24(31)26(3,4)27-25(28)32)18(2)29(17)23(19-11-7-5-8-12-19)20-13-9-6-10-14-20/h5-15,23H,16H2,1-4H3,(H,27,32). The van der Waals surface area contributed by atoms with E-state index >= 15 is 0 Å². The van der Waals surface area contributed by atoms with E-state index in [4.69, 9.17) is 0 Å². The molecule has 6 heteroatoms. The maximum absolute atomic E-state index is 13.2. The average Bonchev–Trinajstić information content (AvgIpc) is 3.17. The van der Waals surface area contributed by atoms with Crippen LogP contribution in [0.3, 0.4) is 0 Å². The van der Waals surface area contributed by atoms with Crippen molar-refractivity contribution in [2.24, 2.45) is 0 Å². The molecule has 4 rings (SSSR count). The Morgan fingerprint density at radius 3 is 1.94 bits per heavy atom. The third-order valence-corrected chi connectivity index (χ3v) is 6.02. The number of benzene rings is 2. The van der Waals surface area contributed by atoms with Gasteiger partial charge in [0.1, 0.15) is 5.54 Å². The highest BCUT2D eigenvalue weighted by molar-refractivity contribution is 6.11. The van der Waals surface area contributed by atoms with Gasteiger partial charge in [0.05, 0.1) is 12.6 Å². The van der Waals surface area contributed by atoms with Crippen LogP contribution >= 0.6 is 0 Å².